The molecule has 3 heterocycles. The molecule has 2 aromatic rings. The molecule has 1 N–H and O–H groups in total. The molecular weight excluding hydrogens is 496 g/mol. The summed E-state index contributed by atoms with van der Waals surface area (Å²) in [5.74, 6) is -1.30. The van der Waals surface area contributed by atoms with Gasteiger partial charge in [0.2, 0.25) is 27.7 Å². The second-order valence-corrected chi connectivity index (χ2v) is 9.88. The zero-order valence-electron chi connectivity index (χ0n) is 19.4. The number of sulfonamides is 1. The number of aromatic nitrogens is 2. The maximum atomic E-state index is 13.0. The van der Waals surface area contributed by atoms with Gasteiger partial charge in [-0.2, -0.15) is 4.31 Å². The Morgan fingerprint density at radius 2 is 1.67 bits per heavy atom. The van der Waals surface area contributed by atoms with E-state index in [1.807, 2.05) is 0 Å². The van der Waals surface area contributed by atoms with Gasteiger partial charge in [0.15, 0.2) is 0 Å². The molecule has 4 rings (SSSR count). The fourth-order valence-electron chi connectivity index (χ4n) is 3.72. The Morgan fingerprint density at radius 3 is 2.28 bits per heavy atom. The van der Waals surface area contributed by atoms with Crippen LogP contribution in [0.1, 0.15) is 36.0 Å². The second kappa shape index (κ2) is 10.4. The van der Waals surface area contributed by atoms with Gasteiger partial charge < -0.3 is 14.1 Å². The number of nitrogens with zero attached hydrogens (tertiary/aromatic N) is 5. The normalized spacial score (nSPS) is 16.9. The fraction of sp³-hybridized carbons (Fsp3) is 0.429. The van der Waals surface area contributed by atoms with Crippen LogP contribution in [0.2, 0.25) is 0 Å². The Bertz CT molecular complexity index is 1250. The van der Waals surface area contributed by atoms with Crippen LogP contribution in [0.25, 0.3) is 0 Å². The number of hydrogen-bond donors (Lipinski definition) is 1. The van der Waals surface area contributed by atoms with Crippen LogP contribution in [-0.2, 0) is 30.9 Å². The fourth-order valence-corrected chi connectivity index (χ4v) is 5.15. The third-order valence-electron chi connectivity index (χ3n) is 5.65. The summed E-state index contributed by atoms with van der Waals surface area (Å²) in [7, 11) is -3.82. The number of imide groups is 1. The van der Waals surface area contributed by atoms with Gasteiger partial charge in [0, 0.05) is 44.6 Å². The van der Waals surface area contributed by atoms with E-state index in [0.717, 1.165) is 4.90 Å². The molecule has 2 fully saturated rings. The van der Waals surface area contributed by atoms with Gasteiger partial charge in [-0.1, -0.05) is 5.10 Å². The number of benzene rings is 1. The lowest BCUT2D eigenvalue weighted by Crippen LogP contribution is -2.50. The lowest BCUT2D eigenvalue weighted by molar-refractivity contribution is -0.139. The second-order valence-electron chi connectivity index (χ2n) is 7.94. The highest BCUT2D eigenvalue weighted by Gasteiger charge is 2.32. The van der Waals surface area contributed by atoms with Crippen LogP contribution >= 0.6 is 0 Å². The molecule has 0 atom stereocenters. The predicted octanol–water partition coefficient (Wildman–Crippen LogP) is 0.434. The van der Waals surface area contributed by atoms with Crippen molar-refractivity contribution in [3.63, 3.8) is 0 Å². The molecule has 0 spiro atoms. The molecule has 0 bridgehead atoms. The van der Waals surface area contributed by atoms with E-state index in [2.05, 4.69) is 15.5 Å². The Kier molecular flexibility index (Phi) is 7.30. The molecule has 15 heteroatoms. The minimum absolute atomic E-state index is 0.00339. The van der Waals surface area contributed by atoms with Crippen LogP contribution in [0.3, 0.4) is 0 Å². The predicted molar refractivity (Wildman–Crippen MR) is 121 cm³/mol. The van der Waals surface area contributed by atoms with Crippen molar-refractivity contribution in [2.24, 2.45) is 0 Å². The highest BCUT2D eigenvalue weighted by molar-refractivity contribution is 7.89. The van der Waals surface area contributed by atoms with Crippen molar-refractivity contribution in [2.75, 3.05) is 38.1 Å². The number of piperazine rings is 1. The number of carbonyl (C=O) groups is 4. The number of carbonyl (C=O) groups excluding carboxylic acids is 4. The van der Waals surface area contributed by atoms with Gasteiger partial charge in [0.05, 0.1) is 11.5 Å². The highest BCUT2D eigenvalue weighted by atomic mass is 32.2. The third-order valence-corrected chi connectivity index (χ3v) is 7.57. The number of amides is 4. The first-order chi connectivity index (χ1) is 17.2. The molecule has 14 nitrogen and oxygen atoms in total. The van der Waals surface area contributed by atoms with Crippen LogP contribution < -0.4 is 5.32 Å². The summed E-state index contributed by atoms with van der Waals surface area (Å²) in [5.41, 5.74) is 0.144. The van der Waals surface area contributed by atoms with Gasteiger partial charge in [-0.15, -0.1) is 5.10 Å². The molecule has 1 aromatic carbocycles. The molecule has 192 valence electrons. The van der Waals surface area contributed by atoms with E-state index in [0.29, 0.717) is 0 Å². The molecule has 0 radical (unpaired) electrons. The first-order valence-electron chi connectivity index (χ1n) is 11.2. The van der Waals surface area contributed by atoms with Crippen LogP contribution in [0.15, 0.2) is 33.6 Å². The largest absolute Gasteiger partial charge is 0.450 e. The van der Waals surface area contributed by atoms with Gasteiger partial charge in [-0.25, -0.2) is 13.2 Å². The molecule has 2 saturated heterocycles. The monoisotopic (exact) mass is 520 g/mol. The van der Waals surface area contributed by atoms with Crippen LogP contribution in [-0.4, -0.2) is 89.3 Å². The van der Waals surface area contributed by atoms with Crippen molar-refractivity contribution >= 4 is 39.9 Å². The zero-order valence-corrected chi connectivity index (χ0v) is 20.2. The van der Waals surface area contributed by atoms with E-state index in [1.165, 1.54) is 33.5 Å². The van der Waals surface area contributed by atoms with Crippen molar-refractivity contribution in [3.8, 4) is 0 Å². The molecule has 0 unspecified atom stereocenters. The van der Waals surface area contributed by atoms with Gasteiger partial charge in [0.25, 0.3) is 5.91 Å². The average molecular weight is 521 g/mol. The van der Waals surface area contributed by atoms with E-state index in [4.69, 9.17) is 9.15 Å². The summed E-state index contributed by atoms with van der Waals surface area (Å²) in [5, 5.41) is 9.81. The van der Waals surface area contributed by atoms with E-state index < -0.39 is 22.0 Å². The molecule has 0 saturated carbocycles. The summed E-state index contributed by atoms with van der Waals surface area (Å²) in [6.07, 6.45) is -0.214. The van der Waals surface area contributed by atoms with Crippen LogP contribution in [0.4, 0.5) is 10.8 Å². The summed E-state index contributed by atoms with van der Waals surface area (Å²) in [6.45, 7) is 2.43. The van der Waals surface area contributed by atoms with Gasteiger partial charge in [-0.3, -0.25) is 24.6 Å². The van der Waals surface area contributed by atoms with Crippen molar-refractivity contribution in [2.45, 2.75) is 31.2 Å². The van der Waals surface area contributed by atoms with Crippen LogP contribution in [0.5, 0.6) is 0 Å². The average Bonchev–Trinajstić information content (AvgIpc) is 3.45. The third kappa shape index (κ3) is 5.36. The molecule has 2 aliphatic rings. The van der Waals surface area contributed by atoms with E-state index in [1.54, 1.807) is 6.92 Å². The van der Waals surface area contributed by atoms with Crippen LogP contribution in [0, 0.1) is 0 Å². The van der Waals surface area contributed by atoms with E-state index >= 15 is 0 Å². The Labute approximate surface area is 206 Å². The Hall–Kier alpha value is -3.85. The number of nitrogens with one attached hydrogen (secondary N) is 1. The highest BCUT2D eigenvalue weighted by Crippen LogP contribution is 2.20. The first-order valence-corrected chi connectivity index (χ1v) is 12.6. The maximum absolute atomic E-state index is 13.0. The van der Waals surface area contributed by atoms with Crippen molar-refractivity contribution in [3.05, 3.63) is 35.7 Å². The Balaban J connectivity index is 1.35. The molecule has 1 aromatic heterocycles. The number of likely N-dealkylation sites (tertiary alicyclic amines) is 1. The summed E-state index contributed by atoms with van der Waals surface area (Å²) >= 11 is 0. The molecule has 36 heavy (non-hydrogen) atoms. The molecule has 0 aliphatic carbocycles. The first kappa shape index (κ1) is 25.2. The van der Waals surface area contributed by atoms with E-state index in [9.17, 15) is 27.6 Å². The Morgan fingerprint density at radius 1 is 1.03 bits per heavy atom. The topological polar surface area (TPSA) is 172 Å². The summed E-state index contributed by atoms with van der Waals surface area (Å²) in [6, 6.07) is 5.08. The number of anilines is 1. The van der Waals surface area contributed by atoms with Crippen molar-refractivity contribution < 1.29 is 36.7 Å². The number of rotatable bonds is 7. The lowest BCUT2D eigenvalue weighted by Gasteiger charge is -2.33. The molecular formula is C21H24N6O8S. The minimum atomic E-state index is -3.82. The minimum Gasteiger partial charge on any atom is -0.450 e. The number of ether oxygens (including phenoxy) is 1. The standard InChI is InChI=1S/C21H24N6O8S/c1-2-34-21(31)25-9-11-26(12-10-25)36(32,33)15-5-3-14(4-6-15)19(30)22-20-24-23-16(35-20)13-27-17(28)7-8-18(27)29/h3-6H,2,7-13H2,1H3,(H,22,24,30). The van der Waals surface area contributed by atoms with Crippen molar-refractivity contribution in [1.29, 1.82) is 0 Å². The summed E-state index contributed by atoms with van der Waals surface area (Å²) < 4.78 is 37.4. The lowest BCUT2D eigenvalue weighted by atomic mass is 10.2. The molecule has 4 amide bonds. The SMILES string of the molecule is CCOC(=O)N1CCN(S(=O)(=O)c2ccc(C(=O)Nc3nnc(CN4C(=O)CCC4=O)o3)cc2)CC1. The number of hydrogen-bond acceptors (Lipinski definition) is 10. The van der Waals surface area contributed by atoms with Gasteiger partial charge >= 0.3 is 12.1 Å². The molecule has 2 aliphatic heterocycles. The maximum Gasteiger partial charge on any atom is 0.409 e. The van der Waals surface area contributed by atoms with Gasteiger partial charge in [-0.05, 0) is 31.2 Å². The summed E-state index contributed by atoms with van der Waals surface area (Å²) in [4.78, 5) is 50.2. The zero-order chi connectivity index (χ0) is 25.9. The van der Waals surface area contributed by atoms with Gasteiger partial charge in [0.1, 0.15) is 6.54 Å². The smallest absolute Gasteiger partial charge is 0.409 e. The quantitative estimate of drug-likeness (QED) is 0.505. The van der Waals surface area contributed by atoms with Crippen molar-refractivity contribution in [1.82, 2.24) is 24.3 Å². The van der Waals surface area contributed by atoms with E-state index in [-0.39, 0.29) is 86.4 Å².